The van der Waals surface area contributed by atoms with E-state index in [0.29, 0.717) is 23.7 Å². The lowest BCUT2D eigenvalue weighted by atomic mass is 9.46. The molecular weight excluding hydrogens is 372 g/mol. The highest BCUT2D eigenvalue weighted by Gasteiger charge is 2.61. The summed E-state index contributed by atoms with van der Waals surface area (Å²) < 4.78 is 6.20. The van der Waals surface area contributed by atoms with E-state index in [-0.39, 0.29) is 23.0 Å². The minimum atomic E-state index is -0.532. The van der Waals surface area contributed by atoms with Crippen LogP contribution in [0.5, 0.6) is 5.75 Å². The lowest BCUT2D eigenvalue weighted by Crippen LogP contribution is -2.55. The van der Waals surface area contributed by atoms with E-state index in [1.807, 2.05) is 36.4 Å². The standard InChI is InChI=1S/C27H34O3/c1-17(30-20-7-5-4-6-8-20)22-11-12-23-21-10-9-18-15-19(28)16-25(29)27(18,3)24(21)13-14-26(22,23)2/h4-8,15,21-25,29H,1,9-14,16H2,2-3H3/t21-,22-,23-,24-,25?,26+,27-/m0/s1. The van der Waals surface area contributed by atoms with Crippen LogP contribution in [0, 0.1) is 34.5 Å². The molecule has 0 aromatic heterocycles. The summed E-state index contributed by atoms with van der Waals surface area (Å²) in [4.78, 5) is 12.1. The van der Waals surface area contributed by atoms with Crippen molar-refractivity contribution in [2.45, 2.75) is 64.9 Å². The Balaban J connectivity index is 1.40. The molecular formula is C27H34O3. The molecule has 160 valence electrons. The normalized spacial score (nSPS) is 42.6. The molecule has 7 atom stereocenters. The molecule has 1 aromatic rings. The first kappa shape index (κ1) is 20.1. The van der Waals surface area contributed by atoms with Crippen molar-refractivity contribution in [3.63, 3.8) is 0 Å². The number of carbonyl (C=O) groups is 1. The summed E-state index contributed by atoms with van der Waals surface area (Å²) in [6, 6.07) is 10.0. The number of aliphatic hydroxyl groups excluding tert-OH is 1. The number of ketones is 1. The molecule has 0 radical (unpaired) electrons. The number of carbonyl (C=O) groups excluding carboxylic acids is 1. The Hall–Kier alpha value is -1.87. The van der Waals surface area contributed by atoms with Gasteiger partial charge >= 0.3 is 0 Å². The number of aliphatic hydroxyl groups is 1. The van der Waals surface area contributed by atoms with Crippen molar-refractivity contribution in [1.82, 2.24) is 0 Å². The molecule has 0 bridgehead atoms. The molecule has 4 aliphatic carbocycles. The van der Waals surface area contributed by atoms with E-state index < -0.39 is 6.10 Å². The number of hydrogen-bond acceptors (Lipinski definition) is 3. The molecule has 1 N–H and O–H groups in total. The summed E-state index contributed by atoms with van der Waals surface area (Å²) >= 11 is 0. The van der Waals surface area contributed by atoms with Crippen LogP contribution in [0.1, 0.15) is 58.8 Å². The van der Waals surface area contributed by atoms with Gasteiger partial charge in [0, 0.05) is 17.8 Å². The quantitative estimate of drug-likeness (QED) is 0.655. The van der Waals surface area contributed by atoms with E-state index in [2.05, 4.69) is 20.4 Å². The van der Waals surface area contributed by atoms with Gasteiger partial charge in [0.05, 0.1) is 6.10 Å². The molecule has 5 rings (SSSR count). The van der Waals surface area contributed by atoms with Crippen LogP contribution in [0.25, 0.3) is 0 Å². The summed E-state index contributed by atoms with van der Waals surface area (Å²) in [6.45, 7) is 9.06. The third-order valence-corrected chi connectivity index (χ3v) is 9.45. The van der Waals surface area contributed by atoms with E-state index in [4.69, 9.17) is 4.74 Å². The van der Waals surface area contributed by atoms with Gasteiger partial charge in [0.1, 0.15) is 11.5 Å². The third kappa shape index (κ3) is 2.85. The highest BCUT2D eigenvalue weighted by Crippen LogP contribution is 2.67. The van der Waals surface area contributed by atoms with Gasteiger partial charge in [0.2, 0.25) is 0 Å². The molecule has 0 heterocycles. The Morgan fingerprint density at radius 1 is 1.10 bits per heavy atom. The summed E-state index contributed by atoms with van der Waals surface area (Å²) in [7, 11) is 0. The van der Waals surface area contributed by atoms with Crippen LogP contribution in [-0.4, -0.2) is 17.0 Å². The second kappa shape index (κ2) is 7.09. The predicted molar refractivity (Wildman–Crippen MR) is 118 cm³/mol. The third-order valence-electron chi connectivity index (χ3n) is 9.45. The monoisotopic (exact) mass is 406 g/mol. The number of fused-ring (bicyclic) bond motifs is 5. The summed E-state index contributed by atoms with van der Waals surface area (Å²) in [5, 5.41) is 11.0. The molecule has 0 saturated heterocycles. The minimum absolute atomic E-state index is 0.101. The molecule has 30 heavy (non-hydrogen) atoms. The van der Waals surface area contributed by atoms with Crippen LogP contribution >= 0.6 is 0 Å². The zero-order valence-electron chi connectivity index (χ0n) is 18.3. The number of benzene rings is 1. The van der Waals surface area contributed by atoms with Crippen molar-refractivity contribution >= 4 is 5.78 Å². The Morgan fingerprint density at radius 2 is 1.87 bits per heavy atom. The van der Waals surface area contributed by atoms with Gasteiger partial charge in [-0.05, 0) is 79.9 Å². The second-order valence-corrected chi connectivity index (χ2v) is 10.6. The van der Waals surface area contributed by atoms with Gasteiger partial charge < -0.3 is 9.84 Å². The van der Waals surface area contributed by atoms with Crippen LogP contribution in [0.2, 0.25) is 0 Å². The second-order valence-electron chi connectivity index (χ2n) is 10.6. The highest BCUT2D eigenvalue weighted by atomic mass is 16.5. The average molecular weight is 407 g/mol. The molecule has 3 saturated carbocycles. The smallest absolute Gasteiger partial charge is 0.158 e. The molecule has 1 unspecified atom stereocenters. The number of rotatable bonds is 3. The van der Waals surface area contributed by atoms with Gasteiger partial charge in [-0.1, -0.05) is 44.2 Å². The Morgan fingerprint density at radius 3 is 2.63 bits per heavy atom. The van der Waals surface area contributed by atoms with Crippen LogP contribution in [-0.2, 0) is 4.79 Å². The van der Waals surface area contributed by atoms with Crippen molar-refractivity contribution in [2.24, 2.45) is 34.5 Å². The molecule has 3 nitrogen and oxygen atoms in total. The maximum absolute atomic E-state index is 12.1. The van der Waals surface area contributed by atoms with Gasteiger partial charge in [0.25, 0.3) is 0 Å². The first-order chi connectivity index (χ1) is 14.3. The fourth-order valence-corrected chi connectivity index (χ4v) is 7.85. The lowest BCUT2D eigenvalue weighted by Gasteiger charge is -2.59. The zero-order valence-corrected chi connectivity index (χ0v) is 18.3. The molecule has 0 aliphatic heterocycles. The van der Waals surface area contributed by atoms with Crippen molar-refractivity contribution in [1.29, 1.82) is 0 Å². The van der Waals surface area contributed by atoms with Gasteiger partial charge in [-0.15, -0.1) is 0 Å². The predicted octanol–water partition coefficient (Wildman–Crippen LogP) is 5.70. The first-order valence-corrected chi connectivity index (χ1v) is 11.7. The van der Waals surface area contributed by atoms with Crippen molar-refractivity contribution in [2.75, 3.05) is 0 Å². The number of allylic oxidation sites excluding steroid dienone is 1. The lowest BCUT2D eigenvalue weighted by molar-refractivity contribution is -0.127. The maximum atomic E-state index is 12.1. The average Bonchev–Trinajstić information content (AvgIpc) is 3.07. The fourth-order valence-electron chi connectivity index (χ4n) is 7.85. The minimum Gasteiger partial charge on any atom is -0.462 e. The van der Waals surface area contributed by atoms with Gasteiger partial charge in [-0.25, -0.2) is 0 Å². The van der Waals surface area contributed by atoms with E-state index in [1.54, 1.807) is 0 Å². The largest absolute Gasteiger partial charge is 0.462 e. The number of para-hydroxylation sites is 1. The maximum Gasteiger partial charge on any atom is 0.158 e. The summed E-state index contributed by atoms with van der Waals surface area (Å²) in [6.07, 6.45) is 8.33. The van der Waals surface area contributed by atoms with E-state index >= 15 is 0 Å². The van der Waals surface area contributed by atoms with Crippen LogP contribution in [0.3, 0.4) is 0 Å². The molecule has 4 aliphatic rings. The number of ether oxygens (including phenoxy) is 1. The van der Waals surface area contributed by atoms with E-state index in [1.165, 1.54) is 12.0 Å². The van der Waals surface area contributed by atoms with E-state index in [9.17, 15) is 9.90 Å². The molecule has 0 amide bonds. The van der Waals surface area contributed by atoms with Gasteiger partial charge in [-0.3, -0.25) is 4.79 Å². The fraction of sp³-hybridized carbons (Fsp3) is 0.593. The Kier molecular flexibility index (Phi) is 4.74. The summed E-state index contributed by atoms with van der Waals surface area (Å²) in [5.74, 6) is 3.99. The molecule has 1 aromatic carbocycles. The molecule has 3 fully saturated rings. The Labute approximate surface area is 180 Å². The van der Waals surface area contributed by atoms with E-state index in [0.717, 1.165) is 43.6 Å². The van der Waals surface area contributed by atoms with Crippen molar-refractivity contribution < 1.29 is 14.6 Å². The van der Waals surface area contributed by atoms with Gasteiger partial charge in [-0.2, -0.15) is 0 Å². The van der Waals surface area contributed by atoms with Gasteiger partial charge in [0.15, 0.2) is 5.78 Å². The summed E-state index contributed by atoms with van der Waals surface area (Å²) in [5.41, 5.74) is 1.19. The SMILES string of the molecule is C=C(Oc1ccccc1)[C@@H]1CC[C@H]2[C@@H]3CCC4=CC(=O)CC(O)[C@]4(C)[C@H]3CC[C@]12C. The topological polar surface area (TPSA) is 46.5 Å². The van der Waals surface area contributed by atoms with Crippen molar-refractivity contribution in [3.05, 3.63) is 54.3 Å². The first-order valence-electron chi connectivity index (χ1n) is 11.7. The van der Waals surface area contributed by atoms with Crippen LogP contribution in [0.15, 0.2) is 54.3 Å². The highest BCUT2D eigenvalue weighted by molar-refractivity contribution is 5.92. The molecule has 0 spiro atoms. The Bertz CT molecular complexity index is 887. The molecule has 3 heteroatoms. The van der Waals surface area contributed by atoms with Crippen LogP contribution in [0.4, 0.5) is 0 Å². The van der Waals surface area contributed by atoms with Crippen LogP contribution < -0.4 is 4.74 Å². The number of hydrogen-bond donors (Lipinski definition) is 1. The van der Waals surface area contributed by atoms with Crippen molar-refractivity contribution in [3.8, 4) is 5.75 Å². The zero-order chi connectivity index (χ0) is 21.1.